The molecule has 1 aliphatic rings. The zero-order valence-electron chi connectivity index (χ0n) is 11.4. The normalized spacial score (nSPS) is 22.3. The average molecular weight is 253 g/mol. The molecule has 0 aromatic heterocycles. The highest BCUT2D eigenvalue weighted by molar-refractivity contribution is 6.04. The van der Waals surface area contributed by atoms with Gasteiger partial charge in [0.25, 0.3) is 0 Å². The van der Waals surface area contributed by atoms with Gasteiger partial charge in [0.15, 0.2) is 5.78 Å². The molecule has 0 saturated heterocycles. The molecule has 98 valence electrons. The highest BCUT2D eigenvalue weighted by atomic mass is 16.1. The van der Waals surface area contributed by atoms with Gasteiger partial charge in [0.05, 0.1) is 5.54 Å². The summed E-state index contributed by atoms with van der Waals surface area (Å²) in [5.74, 6) is 0.0461. The Morgan fingerprint density at radius 1 is 1.21 bits per heavy atom. The summed E-state index contributed by atoms with van der Waals surface area (Å²) >= 11 is 0. The van der Waals surface area contributed by atoms with Crippen LogP contribution in [-0.4, -0.2) is 30.3 Å². The van der Waals surface area contributed by atoms with E-state index in [2.05, 4.69) is 17.1 Å². The predicted molar refractivity (Wildman–Crippen MR) is 79.2 cm³/mol. The Hall–Kier alpha value is -1.93. The maximum atomic E-state index is 12.1. The molecule has 19 heavy (non-hydrogen) atoms. The van der Waals surface area contributed by atoms with Crippen molar-refractivity contribution >= 4 is 5.78 Å². The molecule has 0 amide bonds. The largest absolute Gasteiger partial charge is 0.297 e. The summed E-state index contributed by atoms with van der Waals surface area (Å²) in [6, 6.07) is 9.35. The highest BCUT2D eigenvalue weighted by Crippen LogP contribution is 2.25. The van der Waals surface area contributed by atoms with E-state index in [4.69, 9.17) is 0 Å². The highest BCUT2D eigenvalue weighted by Gasteiger charge is 2.26. The summed E-state index contributed by atoms with van der Waals surface area (Å²) in [5, 5.41) is 0. The molecule has 0 bridgehead atoms. The molecule has 0 spiro atoms. The monoisotopic (exact) mass is 253 g/mol. The van der Waals surface area contributed by atoms with Gasteiger partial charge in [0.1, 0.15) is 0 Å². The van der Waals surface area contributed by atoms with E-state index < -0.39 is 0 Å². The van der Waals surface area contributed by atoms with Crippen LogP contribution in [0.2, 0.25) is 0 Å². The quantitative estimate of drug-likeness (QED) is 0.606. The Balaban J connectivity index is 2.19. The van der Waals surface area contributed by atoms with Crippen LogP contribution in [0.4, 0.5) is 0 Å². The van der Waals surface area contributed by atoms with Crippen LogP contribution in [0.1, 0.15) is 16.8 Å². The van der Waals surface area contributed by atoms with Crippen molar-refractivity contribution in [3.05, 3.63) is 72.4 Å². The molecular formula is C17H19NO. The third kappa shape index (κ3) is 3.09. The van der Waals surface area contributed by atoms with Crippen LogP contribution in [0.25, 0.3) is 0 Å². The van der Waals surface area contributed by atoms with Crippen molar-refractivity contribution in [3.8, 4) is 0 Å². The van der Waals surface area contributed by atoms with Crippen molar-refractivity contribution < 1.29 is 4.79 Å². The van der Waals surface area contributed by atoms with Gasteiger partial charge in [0, 0.05) is 5.56 Å². The van der Waals surface area contributed by atoms with E-state index in [-0.39, 0.29) is 11.3 Å². The van der Waals surface area contributed by atoms with E-state index >= 15 is 0 Å². The number of rotatable bonds is 4. The third-order valence-corrected chi connectivity index (χ3v) is 3.49. The summed E-state index contributed by atoms with van der Waals surface area (Å²) in [5.41, 5.74) is 0.530. The molecule has 0 fully saturated rings. The molecule has 1 aromatic rings. The number of carbonyl (C=O) groups is 1. The van der Waals surface area contributed by atoms with Crippen molar-refractivity contribution in [1.29, 1.82) is 0 Å². The molecule has 1 unspecified atom stereocenters. The first-order chi connectivity index (χ1) is 9.14. The van der Waals surface area contributed by atoms with Crippen LogP contribution in [0.5, 0.6) is 0 Å². The number of allylic oxidation sites excluding steroid dienone is 3. The molecule has 1 atom stereocenters. The summed E-state index contributed by atoms with van der Waals surface area (Å²) in [6.45, 7) is 0. The fourth-order valence-corrected chi connectivity index (χ4v) is 2.15. The van der Waals surface area contributed by atoms with Gasteiger partial charge in [-0.1, -0.05) is 60.7 Å². The third-order valence-electron chi connectivity index (χ3n) is 3.49. The minimum Gasteiger partial charge on any atom is -0.297 e. The number of carbonyl (C=O) groups excluding carboxylic acids is 1. The smallest absolute Gasteiger partial charge is 0.185 e. The summed E-state index contributed by atoms with van der Waals surface area (Å²) in [7, 11) is 4.06. The lowest BCUT2D eigenvalue weighted by atomic mass is 9.89. The van der Waals surface area contributed by atoms with E-state index in [1.54, 1.807) is 6.08 Å². The molecule has 0 heterocycles. The SMILES string of the molecule is CN(C)C1(C=CC(=O)c2ccccc2)C=CC=CC1. The number of nitrogens with zero attached hydrogens (tertiary/aromatic N) is 1. The van der Waals surface area contributed by atoms with Crippen LogP contribution < -0.4 is 0 Å². The van der Waals surface area contributed by atoms with Crippen molar-refractivity contribution in [2.75, 3.05) is 14.1 Å². The van der Waals surface area contributed by atoms with E-state index in [0.29, 0.717) is 0 Å². The molecule has 1 aliphatic carbocycles. The van der Waals surface area contributed by atoms with Crippen molar-refractivity contribution in [1.82, 2.24) is 4.90 Å². The molecule has 0 saturated carbocycles. The average Bonchev–Trinajstić information content (AvgIpc) is 2.46. The Morgan fingerprint density at radius 3 is 2.53 bits per heavy atom. The van der Waals surface area contributed by atoms with Gasteiger partial charge < -0.3 is 0 Å². The Labute approximate surface area is 114 Å². The predicted octanol–water partition coefficient (Wildman–Crippen LogP) is 3.24. The first-order valence-electron chi connectivity index (χ1n) is 6.44. The number of ketones is 1. The number of hydrogen-bond acceptors (Lipinski definition) is 2. The van der Waals surface area contributed by atoms with Gasteiger partial charge in [-0.05, 0) is 26.6 Å². The zero-order valence-corrected chi connectivity index (χ0v) is 11.4. The maximum absolute atomic E-state index is 12.1. The fraction of sp³-hybridized carbons (Fsp3) is 0.235. The second kappa shape index (κ2) is 5.81. The van der Waals surface area contributed by atoms with Gasteiger partial charge >= 0.3 is 0 Å². The lowest BCUT2D eigenvalue weighted by molar-refractivity contribution is 0.104. The Bertz CT molecular complexity index is 525. The molecule has 2 heteroatoms. The van der Waals surface area contributed by atoms with Gasteiger partial charge in [0.2, 0.25) is 0 Å². The maximum Gasteiger partial charge on any atom is 0.185 e. The van der Waals surface area contributed by atoms with E-state index in [1.807, 2.05) is 62.7 Å². The molecule has 2 rings (SSSR count). The zero-order chi connectivity index (χ0) is 13.7. The first-order valence-corrected chi connectivity index (χ1v) is 6.44. The molecule has 0 radical (unpaired) electrons. The van der Waals surface area contributed by atoms with Crippen molar-refractivity contribution in [3.63, 3.8) is 0 Å². The van der Waals surface area contributed by atoms with Crippen molar-refractivity contribution in [2.24, 2.45) is 0 Å². The minimum atomic E-state index is -0.195. The number of hydrogen-bond donors (Lipinski definition) is 0. The number of benzene rings is 1. The Kier molecular flexibility index (Phi) is 4.13. The van der Waals surface area contributed by atoms with Crippen LogP contribution in [0, 0.1) is 0 Å². The van der Waals surface area contributed by atoms with Gasteiger partial charge in [-0.3, -0.25) is 9.69 Å². The van der Waals surface area contributed by atoms with Crippen LogP contribution >= 0.6 is 0 Å². The van der Waals surface area contributed by atoms with E-state index in [0.717, 1.165) is 12.0 Å². The van der Waals surface area contributed by atoms with E-state index in [1.165, 1.54) is 0 Å². The van der Waals surface area contributed by atoms with E-state index in [9.17, 15) is 4.79 Å². The lowest BCUT2D eigenvalue weighted by Crippen LogP contribution is -2.40. The molecule has 0 N–H and O–H groups in total. The van der Waals surface area contributed by atoms with Gasteiger partial charge in [-0.25, -0.2) is 0 Å². The second-order valence-electron chi connectivity index (χ2n) is 4.94. The fourth-order valence-electron chi connectivity index (χ4n) is 2.15. The standard InChI is InChI=1S/C17H19NO/c1-18(2)17(12-7-4-8-13-17)14-11-16(19)15-9-5-3-6-10-15/h3-12,14H,13H2,1-2H3. The molecule has 0 aliphatic heterocycles. The summed E-state index contributed by atoms with van der Waals surface area (Å²) < 4.78 is 0. The minimum absolute atomic E-state index is 0.0461. The molecular weight excluding hydrogens is 234 g/mol. The summed E-state index contributed by atoms with van der Waals surface area (Å²) in [6.07, 6.45) is 12.9. The lowest BCUT2D eigenvalue weighted by Gasteiger charge is -2.35. The topological polar surface area (TPSA) is 20.3 Å². The summed E-state index contributed by atoms with van der Waals surface area (Å²) in [4.78, 5) is 14.2. The van der Waals surface area contributed by atoms with Crippen LogP contribution in [0.3, 0.4) is 0 Å². The number of likely N-dealkylation sites (N-methyl/N-ethyl adjacent to an activating group) is 1. The molecule has 1 aromatic carbocycles. The first kappa shape index (κ1) is 13.5. The molecule has 2 nitrogen and oxygen atoms in total. The van der Waals surface area contributed by atoms with Crippen LogP contribution in [0.15, 0.2) is 66.8 Å². The second-order valence-corrected chi connectivity index (χ2v) is 4.94. The van der Waals surface area contributed by atoms with Gasteiger partial charge in [-0.2, -0.15) is 0 Å². The Morgan fingerprint density at radius 2 is 1.95 bits per heavy atom. The van der Waals surface area contributed by atoms with Gasteiger partial charge in [-0.15, -0.1) is 0 Å². The van der Waals surface area contributed by atoms with Crippen LogP contribution in [-0.2, 0) is 0 Å². The van der Waals surface area contributed by atoms with Crippen molar-refractivity contribution in [2.45, 2.75) is 12.0 Å².